The van der Waals surface area contributed by atoms with Gasteiger partial charge in [0.1, 0.15) is 11.9 Å². The van der Waals surface area contributed by atoms with E-state index < -0.39 is 21.9 Å². The van der Waals surface area contributed by atoms with E-state index >= 15 is 0 Å². The Balaban J connectivity index is 1.96. The van der Waals surface area contributed by atoms with Gasteiger partial charge in [-0.1, -0.05) is 18.9 Å². The number of sulfonamides is 1. The first-order valence-corrected chi connectivity index (χ1v) is 11.3. The molecule has 0 spiro atoms. The van der Waals surface area contributed by atoms with Crippen LogP contribution in [0.4, 0.5) is 10.1 Å². The third-order valence-electron chi connectivity index (χ3n) is 4.21. The molecule has 1 unspecified atom stereocenters. The van der Waals surface area contributed by atoms with Gasteiger partial charge in [0.15, 0.2) is 0 Å². The second-order valence-electron chi connectivity index (χ2n) is 6.28. The summed E-state index contributed by atoms with van der Waals surface area (Å²) in [5.41, 5.74) is 0.144. The first-order valence-electron chi connectivity index (χ1n) is 8.43. The fourth-order valence-corrected chi connectivity index (χ4v) is 5.41. The second-order valence-corrected chi connectivity index (χ2v) is 9.55. The quantitative estimate of drug-likeness (QED) is 0.696. The minimum atomic E-state index is -3.72. The third kappa shape index (κ3) is 5.88. The number of benzene rings is 1. The number of hydrogen-bond acceptors (Lipinski definition) is 4. The van der Waals surface area contributed by atoms with Crippen LogP contribution in [0.15, 0.2) is 24.3 Å². The summed E-state index contributed by atoms with van der Waals surface area (Å²) in [6.45, 7) is 2.00. The van der Waals surface area contributed by atoms with Crippen LogP contribution in [0.3, 0.4) is 0 Å². The zero-order valence-corrected chi connectivity index (χ0v) is 16.2. The van der Waals surface area contributed by atoms with Crippen LogP contribution in [-0.2, 0) is 14.8 Å². The summed E-state index contributed by atoms with van der Waals surface area (Å²) in [5.74, 6) is -0.129. The van der Waals surface area contributed by atoms with Crippen molar-refractivity contribution in [3.05, 3.63) is 30.1 Å². The highest BCUT2D eigenvalue weighted by atomic mass is 32.2. The maximum absolute atomic E-state index is 13.5. The van der Waals surface area contributed by atoms with Crippen molar-refractivity contribution in [2.24, 2.45) is 0 Å². The number of nitrogens with one attached hydrogen (secondary N) is 1. The van der Waals surface area contributed by atoms with Crippen molar-refractivity contribution in [1.82, 2.24) is 5.32 Å². The van der Waals surface area contributed by atoms with Crippen LogP contribution in [-0.4, -0.2) is 44.2 Å². The van der Waals surface area contributed by atoms with E-state index in [1.165, 1.54) is 50.8 Å². The van der Waals surface area contributed by atoms with Crippen molar-refractivity contribution in [2.45, 2.75) is 43.9 Å². The monoisotopic (exact) mass is 388 g/mol. The lowest BCUT2D eigenvalue weighted by Gasteiger charge is -2.28. The first-order chi connectivity index (χ1) is 11.8. The molecule has 1 N–H and O–H groups in total. The molecular weight excluding hydrogens is 363 g/mol. The molecule has 0 saturated heterocycles. The highest BCUT2D eigenvalue weighted by Gasteiger charge is 2.29. The van der Waals surface area contributed by atoms with E-state index in [0.29, 0.717) is 11.8 Å². The van der Waals surface area contributed by atoms with Crippen LogP contribution in [0.5, 0.6) is 0 Å². The van der Waals surface area contributed by atoms with Gasteiger partial charge in [0, 0.05) is 17.5 Å². The highest BCUT2D eigenvalue weighted by molar-refractivity contribution is 7.99. The van der Waals surface area contributed by atoms with Crippen molar-refractivity contribution in [3.63, 3.8) is 0 Å². The predicted molar refractivity (Wildman–Crippen MR) is 101 cm³/mol. The standard InChI is InChI=1S/C17H25FN2O3S2/c1-13(17(21)19-10-11-24-16-8-3-4-9-16)20(25(2,22)23)15-7-5-6-14(18)12-15/h5-7,12-13,16H,3-4,8-11H2,1-2H3,(H,19,21). The number of hydrogen-bond donors (Lipinski definition) is 1. The maximum atomic E-state index is 13.5. The zero-order valence-electron chi connectivity index (χ0n) is 14.6. The normalized spacial score (nSPS) is 16.6. The van der Waals surface area contributed by atoms with Crippen molar-refractivity contribution in [3.8, 4) is 0 Å². The molecule has 0 aromatic heterocycles. The molecule has 8 heteroatoms. The Morgan fingerprint density at radius 1 is 1.40 bits per heavy atom. The van der Waals surface area contributed by atoms with Crippen molar-refractivity contribution >= 4 is 33.4 Å². The Morgan fingerprint density at radius 3 is 2.68 bits per heavy atom. The number of nitrogens with zero attached hydrogens (tertiary/aromatic N) is 1. The van der Waals surface area contributed by atoms with Gasteiger partial charge in [-0.2, -0.15) is 11.8 Å². The molecule has 25 heavy (non-hydrogen) atoms. The van der Waals surface area contributed by atoms with Gasteiger partial charge in [-0.25, -0.2) is 12.8 Å². The lowest BCUT2D eigenvalue weighted by molar-refractivity contribution is -0.121. The summed E-state index contributed by atoms with van der Waals surface area (Å²) in [6.07, 6.45) is 6.03. The largest absolute Gasteiger partial charge is 0.353 e. The van der Waals surface area contributed by atoms with Crippen molar-refractivity contribution < 1.29 is 17.6 Å². The van der Waals surface area contributed by atoms with E-state index in [9.17, 15) is 17.6 Å². The Morgan fingerprint density at radius 2 is 2.08 bits per heavy atom. The van der Waals surface area contributed by atoms with Gasteiger partial charge >= 0.3 is 0 Å². The molecule has 0 radical (unpaired) electrons. The summed E-state index contributed by atoms with van der Waals surface area (Å²) in [5, 5.41) is 3.46. The molecule has 1 fully saturated rings. The van der Waals surface area contributed by atoms with E-state index in [0.717, 1.165) is 22.4 Å². The summed E-state index contributed by atoms with van der Waals surface area (Å²) < 4.78 is 38.6. The topological polar surface area (TPSA) is 66.5 Å². The molecule has 140 valence electrons. The SMILES string of the molecule is CC(C(=O)NCCSC1CCCC1)N(c1cccc(F)c1)S(C)(=O)=O. The summed E-state index contributed by atoms with van der Waals surface area (Å²) in [6, 6.07) is 4.29. The van der Waals surface area contributed by atoms with Gasteiger partial charge in [-0.15, -0.1) is 0 Å². The smallest absolute Gasteiger partial charge is 0.243 e. The van der Waals surface area contributed by atoms with Crippen LogP contribution < -0.4 is 9.62 Å². The number of carbonyl (C=O) groups excluding carboxylic acids is 1. The average molecular weight is 389 g/mol. The molecule has 1 aliphatic carbocycles. The van der Waals surface area contributed by atoms with E-state index in [4.69, 9.17) is 0 Å². The molecule has 0 aliphatic heterocycles. The van der Waals surface area contributed by atoms with Gasteiger partial charge in [0.25, 0.3) is 0 Å². The van der Waals surface area contributed by atoms with E-state index in [1.807, 2.05) is 11.8 Å². The first kappa shape index (κ1) is 20.0. The Labute approximate surface area is 153 Å². The van der Waals surface area contributed by atoms with Gasteiger partial charge in [0.2, 0.25) is 15.9 Å². The fraction of sp³-hybridized carbons (Fsp3) is 0.588. The van der Waals surface area contributed by atoms with Crippen LogP contribution in [0.25, 0.3) is 0 Å². The Kier molecular flexibility index (Phi) is 7.13. The fourth-order valence-electron chi connectivity index (χ4n) is 3.02. The number of thioether (sulfide) groups is 1. The molecule has 1 aromatic rings. The number of anilines is 1. The number of halogens is 1. The lowest BCUT2D eigenvalue weighted by atomic mass is 10.2. The van der Waals surface area contributed by atoms with E-state index in [-0.39, 0.29) is 11.6 Å². The van der Waals surface area contributed by atoms with Crippen molar-refractivity contribution in [1.29, 1.82) is 0 Å². The minimum absolute atomic E-state index is 0.144. The molecule has 1 aliphatic rings. The van der Waals surface area contributed by atoms with Crippen LogP contribution in [0.1, 0.15) is 32.6 Å². The van der Waals surface area contributed by atoms with Gasteiger partial charge in [0.05, 0.1) is 11.9 Å². The Hall–Kier alpha value is -1.28. The summed E-state index contributed by atoms with van der Waals surface area (Å²) in [7, 11) is -3.72. The molecular formula is C17H25FN2O3S2. The highest BCUT2D eigenvalue weighted by Crippen LogP contribution is 2.29. The van der Waals surface area contributed by atoms with Crippen molar-refractivity contribution in [2.75, 3.05) is 22.9 Å². The van der Waals surface area contributed by atoms with E-state index in [2.05, 4.69) is 5.32 Å². The molecule has 2 rings (SSSR count). The Bertz CT molecular complexity index is 691. The average Bonchev–Trinajstić information content (AvgIpc) is 3.03. The van der Waals surface area contributed by atoms with Gasteiger partial charge < -0.3 is 5.32 Å². The molecule has 0 heterocycles. The second kappa shape index (κ2) is 8.89. The van der Waals surface area contributed by atoms with Gasteiger partial charge in [-0.05, 0) is 38.0 Å². The number of amides is 1. The third-order valence-corrected chi connectivity index (χ3v) is 6.83. The molecule has 1 aromatic carbocycles. The zero-order chi connectivity index (χ0) is 18.4. The van der Waals surface area contributed by atoms with E-state index in [1.54, 1.807) is 0 Å². The van der Waals surface area contributed by atoms with Crippen LogP contribution in [0.2, 0.25) is 0 Å². The minimum Gasteiger partial charge on any atom is -0.353 e. The molecule has 1 atom stereocenters. The predicted octanol–water partition coefficient (Wildman–Crippen LogP) is 2.77. The number of carbonyl (C=O) groups is 1. The molecule has 0 bridgehead atoms. The summed E-state index contributed by atoms with van der Waals surface area (Å²) in [4.78, 5) is 12.4. The molecule has 1 saturated carbocycles. The van der Waals surface area contributed by atoms with Crippen LogP contribution in [0, 0.1) is 5.82 Å². The summed E-state index contributed by atoms with van der Waals surface area (Å²) >= 11 is 1.85. The number of rotatable bonds is 8. The van der Waals surface area contributed by atoms with Gasteiger partial charge in [-0.3, -0.25) is 9.10 Å². The molecule has 1 amide bonds. The molecule has 5 nitrogen and oxygen atoms in total. The van der Waals surface area contributed by atoms with Crippen LogP contribution >= 0.6 is 11.8 Å². The lowest BCUT2D eigenvalue weighted by Crippen LogP contribution is -2.48. The maximum Gasteiger partial charge on any atom is 0.243 e.